The van der Waals surface area contributed by atoms with Crippen molar-refractivity contribution >= 4 is 5.69 Å². The third-order valence-electron chi connectivity index (χ3n) is 3.40. The largest absolute Gasteiger partial charge is 0.497 e. The van der Waals surface area contributed by atoms with Crippen molar-refractivity contribution in [3.05, 3.63) is 58.7 Å². The molecule has 0 bridgehead atoms. The number of hydrogen-bond acceptors (Lipinski definition) is 2. The molecule has 2 nitrogen and oxygen atoms in total. The maximum Gasteiger partial charge on any atom is 0.119 e. The number of ether oxygens (including phenoxy) is 1. The zero-order chi connectivity index (χ0) is 13.8. The Labute approximate surface area is 115 Å². The fourth-order valence-corrected chi connectivity index (χ4v) is 2.20. The molecule has 0 aliphatic rings. The minimum absolute atomic E-state index is 0.847. The smallest absolute Gasteiger partial charge is 0.119 e. The van der Waals surface area contributed by atoms with Crippen molar-refractivity contribution in [1.29, 1.82) is 0 Å². The van der Waals surface area contributed by atoms with E-state index >= 15 is 0 Å². The number of methoxy groups -OCH3 is 1. The molecule has 100 valence electrons. The molecule has 2 aromatic rings. The van der Waals surface area contributed by atoms with Crippen LogP contribution in [0.3, 0.4) is 0 Å². The van der Waals surface area contributed by atoms with Gasteiger partial charge in [0.15, 0.2) is 0 Å². The standard InChI is InChI=1S/C17H21NO/c1-12-5-6-15(13(2)9-12)11-18-17-8-7-16(19-4)10-14(17)3/h5-10,18H,11H2,1-4H3. The van der Waals surface area contributed by atoms with Crippen LogP contribution in [-0.4, -0.2) is 7.11 Å². The van der Waals surface area contributed by atoms with Crippen LogP contribution in [0.15, 0.2) is 36.4 Å². The van der Waals surface area contributed by atoms with Gasteiger partial charge in [0.2, 0.25) is 0 Å². The minimum atomic E-state index is 0.847. The molecule has 0 saturated carbocycles. The molecule has 0 aromatic heterocycles. The summed E-state index contributed by atoms with van der Waals surface area (Å²) < 4.78 is 5.22. The molecule has 2 rings (SSSR count). The van der Waals surface area contributed by atoms with Gasteiger partial charge in [-0.1, -0.05) is 23.8 Å². The van der Waals surface area contributed by atoms with Crippen LogP contribution in [0.2, 0.25) is 0 Å². The van der Waals surface area contributed by atoms with Gasteiger partial charge in [0.05, 0.1) is 7.11 Å². The van der Waals surface area contributed by atoms with E-state index in [1.165, 1.54) is 22.3 Å². The fourth-order valence-electron chi connectivity index (χ4n) is 2.20. The highest BCUT2D eigenvalue weighted by Crippen LogP contribution is 2.22. The molecule has 0 radical (unpaired) electrons. The van der Waals surface area contributed by atoms with Crippen LogP contribution in [0.1, 0.15) is 22.3 Å². The zero-order valence-corrected chi connectivity index (χ0v) is 12.1. The van der Waals surface area contributed by atoms with Crippen molar-refractivity contribution in [1.82, 2.24) is 0 Å². The highest BCUT2D eigenvalue weighted by Gasteiger charge is 2.02. The monoisotopic (exact) mass is 255 g/mol. The molecule has 0 aliphatic carbocycles. The van der Waals surface area contributed by atoms with Crippen LogP contribution in [0.25, 0.3) is 0 Å². The predicted octanol–water partition coefficient (Wildman–Crippen LogP) is 4.23. The summed E-state index contributed by atoms with van der Waals surface area (Å²) in [6, 6.07) is 12.7. The van der Waals surface area contributed by atoms with Gasteiger partial charge in [-0.05, 0) is 55.7 Å². The number of hydrogen-bond donors (Lipinski definition) is 1. The topological polar surface area (TPSA) is 21.3 Å². The van der Waals surface area contributed by atoms with Gasteiger partial charge in [0.25, 0.3) is 0 Å². The Bertz CT molecular complexity index is 575. The normalized spacial score (nSPS) is 10.3. The first-order valence-corrected chi connectivity index (χ1v) is 6.55. The van der Waals surface area contributed by atoms with Crippen molar-refractivity contribution in [2.75, 3.05) is 12.4 Å². The van der Waals surface area contributed by atoms with Gasteiger partial charge in [0.1, 0.15) is 5.75 Å². The summed E-state index contributed by atoms with van der Waals surface area (Å²) in [6.45, 7) is 7.22. The van der Waals surface area contributed by atoms with E-state index in [0.717, 1.165) is 18.0 Å². The Morgan fingerprint density at radius 1 is 0.947 bits per heavy atom. The third-order valence-corrected chi connectivity index (χ3v) is 3.40. The van der Waals surface area contributed by atoms with E-state index < -0.39 is 0 Å². The molecular weight excluding hydrogens is 234 g/mol. The van der Waals surface area contributed by atoms with E-state index in [1.54, 1.807) is 7.11 Å². The number of benzene rings is 2. The van der Waals surface area contributed by atoms with E-state index in [-0.39, 0.29) is 0 Å². The van der Waals surface area contributed by atoms with E-state index in [2.05, 4.69) is 50.4 Å². The second-order valence-corrected chi connectivity index (χ2v) is 4.96. The summed E-state index contributed by atoms with van der Waals surface area (Å²) in [5.74, 6) is 0.898. The second kappa shape index (κ2) is 5.79. The van der Waals surface area contributed by atoms with E-state index in [4.69, 9.17) is 4.74 Å². The van der Waals surface area contributed by atoms with Gasteiger partial charge in [0, 0.05) is 12.2 Å². The second-order valence-electron chi connectivity index (χ2n) is 4.96. The Morgan fingerprint density at radius 3 is 2.37 bits per heavy atom. The molecule has 0 fully saturated rings. The van der Waals surface area contributed by atoms with Crippen molar-refractivity contribution in [2.45, 2.75) is 27.3 Å². The Balaban J connectivity index is 2.10. The number of anilines is 1. The molecule has 0 heterocycles. The highest BCUT2D eigenvalue weighted by molar-refractivity contribution is 5.54. The lowest BCUT2D eigenvalue weighted by molar-refractivity contribution is 0.414. The Kier molecular flexibility index (Phi) is 4.10. The van der Waals surface area contributed by atoms with E-state index in [0.29, 0.717) is 0 Å². The number of rotatable bonds is 4. The van der Waals surface area contributed by atoms with Crippen LogP contribution in [0.5, 0.6) is 5.75 Å². The fraction of sp³-hybridized carbons (Fsp3) is 0.294. The molecule has 0 aliphatic heterocycles. The lowest BCUT2D eigenvalue weighted by atomic mass is 10.1. The lowest BCUT2D eigenvalue weighted by Crippen LogP contribution is -2.03. The summed E-state index contributed by atoms with van der Waals surface area (Å²) in [5, 5.41) is 3.49. The van der Waals surface area contributed by atoms with Gasteiger partial charge in [-0.2, -0.15) is 0 Å². The molecule has 1 N–H and O–H groups in total. The summed E-state index contributed by atoms with van der Waals surface area (Å²) in [4.78, 5) is 0. The van der Waals surface area contributed by atoms with Crippen molar-refractivity contribution in [2.24, 2.45) is 0 Å². The van der Waals surface area contributed by atoms with Crippen molar-refractivity contribution in [3.8, 4) is 5.75 Å². The maximum atomic E-state index is 5.22. The summed E-state index contributed by atoms with van der Waals surface area (Å²) in [6.07, 6.45) is 0. The molecule has 0 unspecified atom stereocenters. The molecular formula is C17H21NO. The highest BCUT2D eigenvalue weighted by atomic mass is 16.5. The molecule has 0 saturated heterocycles. The summed E-state index contributed by atoms with van der Waals surface area (Å²) in [7, 11) is 1.69. The molecule has 19 heavy (non-hydrogen) atoms. The number of aryl methyl sites for hydroxylation is 3. The molecule has 0 atom stereocenters. The maximum absolute atomic E-state index is 5.22. The average molecular weight is 255 g/mol. The van der Waals surface area contributed by atoms with Crippen LogP contribution >= 0.6 is 0 Å². The van der Waals surface area contributed by atoms with Gasteiger partial charge in [-0.25, -0.2) is 0 Å². The first kappa shape index (κ1) is 13.5. The average Bonchev–Trinajstić information content (AvgIpc) is 2.39. The zero-order valence-electron chi connectivity index (χ0n) is 12.1. The van der Waals surface area contributed by atoms with Crippen molar-refractivity contribution < 1.29 is 4.74 Å². The van der Waals surface area contributed by atoms with Crippen LogP contribution in [0.4, 0.5) is 5.69 Å². The predicted molar refractivity (Wildman–Crippen MR) is 81.0 cm³/mol. The van der Waals surface area contributed by atoms with Crippen LogP contribution in [-0.2, 0) is 6.54 Å². The molecule has 2 aromatic carbocycles. The van der Waals surface area contributed by atoms with Crippen LogP contribution < -0.4 is 10.1 Å². The summed E-state index contributed by atoms with van der Waals surface area (Å²) in [5.41, 5.74) is 6.33. The quantitative estimate of drug-likeness (QED) is 0.882. The van der Waals surface area contributed by atoms with Crippen LogP contribution in [0, 0.1) is 20.8 Å². The van der Waals surface area contributed by atoms with Crippen molar-refractivity contribution in [3.63, 3.8) is 0 Å². The van der Waals surface area contributed by atoms with E-state index in [9.17, 15) is 0 Å². The number of nitrogens with one attached hydrogen (secondary N) is 1. The molecule has 2 heteroatoms. The van der Waals surface area contributed by atoms with Gasteiger partial charge >= 0.3 is 0 Å². The van der Waals surface area contributed by atoms with Gasteiger partial charge in [-0.3, -0.25) is 0 Å². The van der Waals surface area contributed by atoms with Gasteiger partial charge in [-0.15, -0.1) is 0 Å². The Morgan fingerprint density at radius 2 is 1.74 bits per heavy atom. The SMILES string of the molecule is COc1ccc(NCc2ccc(C)cc2C)c(C)c1. The third kappa shape index (κ3) is 3.28. The lowest BCUT2D eigenvalue weighted by Gasteiger charge is -2.12. The minimum Gasteiger partial charge on any atom is -0.497 e. The molecule has 0 spiro atoms. The van der Waals surface area contributed by atoms with E-state index in [1.807, 2.05) is 12.1 Å². The van der Waals surface area contributed by atoms with Gasteiger partial charge < -0.3 is 10.1 Å². The molecule has 0 amide bonds. The first-order valence-electron chi connectivity index (χ1n) is 6.55. The Hall–Kier alpha value is -1.96. The summed E-state index contributed by atoms with van der Waals surface area (Å²) >= 11 is 0. The first-order chi connectivity index (χ1) is 9.10.